The van der Waals surface area contributed by atoms with Crippen LogP contribution < -0.4 is 0 Å². The Morgan fingerprint density at radius 3 is 2.50 bits per heavy atom. The standard InChI is InChI=1S/C16H16O2/c1-12-4-3-5-15(11-8-12)18-16(17)14-9-6-13(2)7-10-14/h4-11H,3H2,1-2H3. The Morgan fingerprint density at radius 2 is 1.78 bits per heavy atom. The number of ether oxygens (including phenoxy) is 1. The predicted octanol–water partition coefficient (Wildman–Crippen LogP) is 3.94. The highest BCUT2D eigenvalue weighted by atomic mass is 16.5. The van der Waals surface area contributed by atoms with E-state index < -0.39 is 0 Å². The van der Waals surface area contributed by atoms with Crippen LogP contribution in [-0.4, -0.2) is 5.97 Å². The average Bonchev–Trinajstić information content (AvgIpc) is 2.55. The Balaban J connectivity index is 2.06. The molecule has 0 unspecified atom stereocenters. The Kier molecular flexibility index (Phi) is 3.78. The normalized spacial score (nSPS) is 14.6. The summed E-state index contributed by atoms with van der Waals surface area (Å²) in [6.07, 6.45) is 8.55. The minimum Gasteiger partial charge on any atom is -0.423 e. The van der Waals surface area contributed by atoms with E-state index in [1.807, 2.05) is 44.2 Å². The van der Waals surface area contributed by atoms with Crippen LogP contribution in [0.5, 0.6) is 0 Å². The van der Waals surface area contributed by atoms with Gasteiger partial charge in [-0.1, -0.05) is 35.4 Å². The number of hydrogen-bond acceptors (Lipinski definition) is 2. The zero-order valence-electron chi connectivity index (χ0n) is 10.6. The van der Waals surface area contributed by atoms with Gasteiger partial charge >= 0.3 is 5.97 Å². The predicted molar refractivity (Wildman–Crippen MR) is 72.2 cm³/mol. The third-order valence-corrected chi connectivity index (χ3v) is 2.77. The van der Waals surface area contributed by atoms with Gasteiger partial charge in [0, 0.05) is 0 Å². The summed E-state index contributed by atoms with van der Waals surface area (Å²) in [4.78, 5) is 11.9. The zero-order valence-corrected chi connectivity index (χ0v) is 10.6. The number of rotatable bonds is 2. The zero-order chi connectivity index (χ0) is 13.0. The van der Waals surface area contributed by atoms with Crippen molar-refractivity contribution in [2.24, 2.45) is 0 Å². The molecule has 0 saturated heterocycles. The molecule has 0 bridgehead atoms. The summed E-state index contributed by atoms with van der Waals surface area (Å²) in [5.41, 5.74) is 2.87. The monoisotopic (exact) mass is 240 g/mol. The number of carbonyl (C=O) groups is 1. The maximum absolute atomic E-state index is 11.9. The minimum atomic E-state index is -0.314. The van der Waals surface area contributed by atoms with Gasteiger partial charge in [0.15, 0.2) is 0 Å². The van der Waals surface area contributed by atoms with E-state index in [1.165, 1.54) is 5.57 Å². The largest absolute Gasteiger partial charge is 0.423 e. The summed E-state index contributed by atoms with van der Waals surface area (Å²) < 4.78 is 5.35. The molecule has 1 aliphatic carbocycles. The summed E-state index contributed by atoms with van der Waals surface area (Å²) in [6, 6.07) is 7.36. The fourth-order valence-corrected chi connectivity index (χ4v) is 1.64. The fourth-order valence-electron chi connectivity index (χ4n) is 1.64. The van der Waals surface area contributed by atoms with E-state index in [0.717, 1.165) is 12.0 Å². The van der Waals surface area contributed by atoms with Crippen LogP contribution in [0.4, 0.5) is 0 Å². The third kappa shape index (κ3) is 3.20. The molecule has 0 saturated carbocycles. The van der Waals surface area contributed by atoms with Crippen LogP contribution in [0.25, 0.3) is 0 Å². The molecule has 2 heteroatoms. The van der Waals surface area contributed by atoms with Crippen molar-refractivity contribution in [3.05, 3.63) is 71.0 Å². The van der Waals surface area contributed by atoms with Gasteiger partial charge in [-0.15, -0.1) is 0 Å². The highest BCUT2D eigenvalue weighted by molar-refractivity contribution is 5.90. The average molecular weight is 240 g/mol. The van der Waals surface area contributed by atoms with Gasteiger partial charge in [-0.3, -0.25) is 0 Å². The first kappa shape index (κ1) is 12.4. The maximum Gasteiger partial charge on any atom is 0.343 e. The molecule has 92 valence electrons. The summed E-state index contributed by atoms with van der Waals surface area (Å²) in [6.45, 7) is 4.01. The molecule has 2 nitrogen and oxygen atoms in total. The molecule has 1 aromatic carbocycles. The van der Waals surface area contributed by atoms with Crippen LogP contribution >= 0.6 is 0 Å². The van der Waals surface area contributed by atoms with Crippen molar-refractivity contribution in [2.75, 3.05) is 0 Å². The lowest BCUT2D eigenvalue weighted by atomic mass is 10.1. The molecule has 0 radical (unpaired) electrons. The molecule has 0 spiro atoms. The van der Waals surface area contributed by atoms with E-state index in [9.17, 15) is 4.79 Å². The SMILES string of the molecule is CC1=CCC=C(OC(=O)c2ccc(C)cc2)C=C1. The third-order valence-electron chi connectivity index (χ3n) is 2.77. The number of allylic oxidation sites excluding steroid dienone is 5. The van der Waals surface area contributed by atoms with Crippen molar-refractivity contribution in [3.63, 3.8) is 0 Å². The topological polar surface area (TPSA) is 26.3 Å². The van der Waals surface area contributed by atoms with E-state index in [4.69, 9.17) is 4.74 Å². The van der Waals surface area contributed by atoms with Crippen molar-refractivity contribution in [1.29, 1.82) is 0 Å². The smallest absolute Gasteiger partial charge is 0.343 e. The lowest BCUT2D eigenvalue weighted by Gasteiger charge is -2.04. The fraction of sp³-hybridized carbons (Fsp3) is 0.188. The van der Waals surface area contributed by atoms with Crippen LogP contribution in [0, 0.1) is 6.92 Å². The molecule has 1 aromatic rings. The van der Waals surface area contributed by atoms with Crippen LogP contribution in [0.2, 0.25) is 0 Å². The number of carbonyl (C=O) groups excluding carboxylic acids is 1. The van der Waals surface area contributed by atoms with E-state index in [1.54, 1.807) is 12.1 Å². The first-order valence-electron chi connectivity index (χ1n) is 5.99. The Labute approximate surface area is 107 Å². The van der Waals surface area contributed by atoms with E-state index >= 15 is 0 Å². The van der Waals surface area contributed by atoms with Crippen molar-refractivity contribution >= 4 is 5.97 Å². The number of hydrogen-bond donors (Lipinski definition) is 0. The summed E-state index contributed by atoms with van der Waals surface area (Å²) in [5, 5.41) is 0. The van der Waals surface area contributed by atoms with Gasteiger partial charge in [0.1, 0.15) is 5.76 Å². The molecule has 0 heterocycles. The second kappa shape index (κ2) is 5.50. The van der Waals surface area contributed by atoms with Gasteiger partial charge in [-0.2, -0.15) is 0 Å². The Hall–Kier alpha value is -2.09. The summed E-state index contributed by atoms with van der Waals surface area (Å²) in [5.74, 6) is 0.291. The molecule has 0 N–H and O–H groups in total. The highest BCUT2D eigenvalue weighted by Gasteiger charge is 2.08. The van der Waals surface area contributed by atoms with Crippen molar-refractivity contribution in [2.45, 2.75) is 20.3 Å². The summed E-state index contributed by atoms with van der Waals surface area (Å²) >= 11 is 0. The molecule has 0 aliphatic heterocycles. The van der Waals surface area contributed by atoms with E-state index in [-0.39, 0.29) is 5.97 Å². The second-order valence-electron chi connectivity index (χ2n) is 4.38. The molecule has 2 rings (SSSR count). The van der Waals surface area contributed by atoms with Crippen molar-refractivity contribution in [1.82, 2.24) is 0 Å². The molecule has 1 aliphatic rings. The molecule has 0 aromatic heterocycles. The van der Waals surface area contributed by atoms with Crippen molar-refractivity contribution < 1.29 is 9.53 Å². The molecular weight excluding hydrogens is 224 g/mol. The quantitative estimate of drug-likeness (QED) is 0.732. The molecular formula is C16H16O2. The Morgan fingerprint density at radius 1 is 1.06 bits per heavy atom. The first-order chi connectivity index (χ1) is 8.65. The second-order valence-corrected chi connectivity index (χ2v) is 4.38. The molecule has 0 fully saturated rings. The maximum atomic E-state index is 11.9. The number of aryl methyl sites for hydroxylation is 1. The lowest BCUT2D eigenvalue weighted by molar-refractivity contribution is 0.0636. The van der Waals surface area contributed by atoms with Gasteiger partial charge < -0.3 is 4.74 Å². The Bertz CT molecular complexity index is 531. The number of benzene rings is 1. The van der Waals surface area contributed by atoms with Gasteiger partial charge in [0.2, 0.25) is 0 Å². The number of esters is 1. The van der Waals surface area contributed by atoms with Crippen molar-refractivity contribution in [3.8, 4) is 0 Å². The minimum absolute atomic E-state index is 0.314. The molecule has 18 heavy (non-hydrogen) atoms. The van der Waals surface area contributed by atoms with Crippen LogP contribution in [0.1, 0.15) is 29.3 Å². The van der Waals surface area contributed by atoms with Gasteiger partial charge in [0.25, 0.3) is 0 Å². The van der Waals surface area contributed by atoms with Crippen LogP contribution in [0.3, 0.4) is 0 Å². The van der Waals surface area contributed by atoms with Crippen LogP contribution in [0.15, 0.2) is 59.9 Å². The van der Waals surface area contributed by atoms with Gasteiger partial charge in [-0.25, -0.2) is 4.79 Å². The summed E-state index contributed by atoms with van der Waals surface area (Å²) in [7, 11) is 0. The van der Waals surface area contributed by atoms with E-state index in [0.29, 0.717) is 11.3 Å². The van der Waals surface area contributed by atoms with Gasteiger partial charge in [-0.05, 0) is 44.6 Å². The van der Waals surface area contributed by atoms with Gasteiger partial charge in [0.05, 0.1) is 5.56 Å². The molecule has 0 atom stereocenters. The highest BCUT2D eigenvalue weighted by Crippen LogP contribution is 2.14. The van der Waals surface area contributed by atoms with E-state index in [2.05, 4.69) is 6.08 Å². The molecule has 0 amide bonds. The lowest BCUT2D eigenvalue weighted by Crippen LogP contribution is -2.04. The first-order valence-corrected chi connectivity index (χ1v) is 5.99. The van der Waals surface area contributed by atoms with Crippen LogP contribution in [-0.2, 0) is 4.74 Å².